The Bertz CT molecular complexity index is 401. The van der Waals surface area contributed by atoms with E-state index in [-0.39, 0.29) is 0 Å². The van der Waals surface area contributed by atoms with Crippen molar-refractivity contribution >= 4 is 5.69 Å². The van der Waals surface area contributed by atoms with Gasteiger partial charge in [0.15, 0.2) is 0 Å². The standard InChI is InChI=1S/C17H26N2O/c20-13-14-5-4-8-17(14)18-15-9-11-19(12-10-15)16-6-2-1-3-7-16/h1-3,6-7,14-15,17-18,20H,4-5,8-13H2. The summed E-state index contributed by atoms with van der Waals surface area (Å²) in [6.07, 6.45) is 6.12. The van der Waals surface area contributed by atoms with E-state index in [2.05, 4.69) is 40.5 Å². The van der Waals surface area contributed by atoms with E-state index in [1.54, 1.807) is 0 Å². The van der Waals surface area contributed by atoms with Crippen LogP contribution in [0.25, 0.3) is 0 Å². The summed E-state index contributed by atoms with van der Waals surface area (Å²) in [6.45, 7) is 2.62. The first-order chi connectivity index (χ1) is 9.86. The molecule has 1 aromatic rings. The minimum Gasteiger partial charge on any atom is -0.396 e. The van der Waals surface area contributed by atoms with E-state index < -0.39 is 0 Å². The summed E-state index contributed by atoms with van der Waals surface area (Å²) < 4.78 is 0. The van der Waals surface area contributed by atoms with Crippen molar-refractivity contribution in [2.24, 2.45) is 5.92 Å². The van der Waals surface area contributed by atoms with Crippen LogP contribution in [0.5, 0.6) is 0 Å². The molecule has 3 rings (SSSR count). The number of hydrogen-bond acceptors (Lipinski definition) is 3. The van der Waals surface area contributed by atoms with E-state index in [1.165, 1.54) is 37.8 Å². The van der Waals surface area contributed by atoms with Gasteiger partial charge in [-0.25, -0.2) is 0 Å². The maximum absolute atomic E-state index is 9.41. The zero-order valence-electron chi connectivity index (χ0n) is 12.2. The third-order valence-electron chi connectivity index (χ3n) is 4.96. The summed E-state index contributed by atoms with van der Waals surface area (Å²) in [5, 5.41) is 13.2. The molecule has 0 spiro atoms. The Morgan fingerprint density at radius 3 is 2.50 bits per heavy atom. The zero-order chi connectivity index (χ0) is 13.8. The van der Waals surface area contributed by atoms with Crippen molar-refractivity contribution in [3.8, 4) is 0 Å². The molecule has 1 saturated carbocycles. The quantitative estimate of drug-likeness (QED) is 0.885. The number of rotatable bonds is 4. The maximum atomic E-state index is 9.41. The number of aliphatic hydroxyl groups excluding tert-OH is 1. The lowest BCUT2D eigenvalue weighted by Gasteiger charge is -2.36. The van der Waals surface area contributed by atoms with Crippen LogP contribution in [0.4, 0.5) is 5.69 Å². The molecule has 2 aliphatic rings. The average Bonchev–Trinajstić information content (AvgIpc) is 2.96. The Kier molecular flexibility index (Phi) is 4.58. The van der Waals surface area contributed by atoms with Gasteiger partial charge >= 0.3 is 0 Å². The highest BCUT2D eigenvalue weighted by Crippen LogP contribution is 2.27. The number of nitrogens with one attached hydrogen (secondary N) is 1. The Hall–Kier alpha value is -1.06. The highest BCUT2D eigenvalue weighted by Gasteiger charge is 2.29. The molecule has 110 valence electrons. The van der Waals surface area contributed by atoms with E-state index in [1.807, 2.05) is 0 Å². The maximum Gasteiger partial charge on any atom is 0.0474 e. The van der Waals surface area contributed by atoms with E-state index in [0.717, 1.165) is 13.1 Å². The Balaban J connectivity index is 1.49. The van der Waals surface area contributed by atoms with Gasteiger partial charge in [-0.1, -0.05) is 24.6 Å². The molecule has 2 N–H and O–H groups in total. The fraction of sp³-hybridized carbons (Fsp3) is 0.647. The van der Waals surface area contributed by atoms with Gasteiger partial charge in [-0.15, -0.1) is 0 Å². The van der Waals surface area contributed by atoms with E-state index >= 15 is 0 Å². The smallest absolute Gasteiger partial charge is 0.0474 e. The van der Waals surface area contributed by atoms with E-state index in [0.29, 0.717) is 24.6 Å². The van der Waals surface area contributed by atoms with Gasteiger partial charge in [-0.05, 0) is 43.7 Å². The molecule has 1 aromatic carbocycles. The number of aliphatic hydroxyl groups is 1. The van der Waals surface area contributed by atoms with Gasteiger partial charge in [0.1, 0.15) is 0 Å². The summed E-state index contributed by atoms with van der Waals surface area (Å²) >= 11 is 0. The van der Waals surface area contributed by atoms with Crippen LogP contribution in [-0.2, 0) is 0 Å². The van der Waals surface area contributed by atoms with Crippen LogP contribution in [0.2, 0.25) is 0 Å². The van der Waals surface area contributed by atoms with Gasteiger partial charge in [-0.3, -0.25) is 0 Å². The Labute approximate surface area is 122 Å². The van der Waals surface area contributed by atoms with Crippen molar-refractivity contribution in [1.82, 2.24) is 5.32 Å². The second-order valence-corrected chi connectivity index (χ2v) is 6.24. The summed E-state index contributed by atoms with van der Waals surface area (Å²) in [5.41, 5.74) is 1.35. The summed E-state index contributed by atoms with van der Waals surface area (Å²) in [6, 6.07) is 11.9. The minimum atomic E-state index is 0.348. The molecular formula is C17H26N2O. The summed E-state index contributed by atoms with van der Waals surface area (Å²) in [5.74, 6) is 0.488. The molecule has 2 atom stereocenters. The van der Waals surface area contributed by atoms with Crippen LogP contribution in [0.1, 0.15) is 32.1 Å². The monoisotopic (exact) mass is 274 g/mol. The molecule has 0 aromatic heterocycles. The van der Waals surface area contributed by atoms with E-state index in [4.69, 9.17) is 0 Å². The van der Waals surface area contributed by atoms with E-state index in [9.17, 15) is 5.11 Å². The predicted octanol–water partition coefficient (Wildman–Crippen LogP) is 2.41. The third kappa shape index (κ3) is 3.15. The highest BCUT2D eigenvalue weighted by molar-refractivity contribution is 5.46. The number of benzene rings is 1. The van der Waals surface area contributed by atoms with Crippen LogP contribution in [0.3, 0.4) is 0 Å². The number of nitrogens with zero attached hydrogens (tertiary/aromatic N) is 1. The minimum absolute atomic E-state index is 0.348. The molecule has 1 aliphatic carbocycles. The van der Waals surface area contributed by atoms with Gasteiger partial charge in [0.25, 0.3) is 0 Å². The van der Waals surface area contributed by atoms with Crippen LogP contribution in [-0.4, -0.2) is 36.9 Å². The lowest BCUT2D eigenvalue weighted by atomic mass is 9.99. The van der Waals surface area contributed by atoms with Gasteiger partial charge in [0.05, 0.1) is 0 Å². The number of anilines is 1. The highest BCUT2D eigenvalue weighted by atomic mass is 16.3. The summed E-state index contributed by atoms with van der Waals surface area (Å²) in [7, 11) is 0. The van der Waals surface area contributed by atoms with Crippen molar-refractivity contribution in [3.63, 3.8) is 0 Å². The molecule has 3 heteroatoms. The Morgan fingerprint density at radius 2 is 1.80 bits per heavy atom. The van der Waals surface area contributed by atoms with Crippen molar-refractivity contribution < 1.29 is 5.11 Å². The molecule has 0 bridgehead atoms. The van der Waals surface area contributed by atoms with Crippen LogP contribution in [0, 0.1) is 5.92 Å². The molecule has 1 saturated heterocycles. The van der Waals surface area contributed by atoms with Crippen LogP contribution < -0.4 is 10.2 Å². The largest absolute Gasteiger partial charge is 0.396 e. The molecule has 3 nitrogen and oxygen atoms in total. The molecule has 1 heterocycles. The second-order valence-electron chi connectivity index (χ2n) is 6.24. The fourth-order valence-corrected chi connectivity index (χ4v) is 3.72. The lowest BCUT2D eigenvalue weighted by molar-refractivity contribution is 0.195. The zero-order valence-corrected chi connectivity index (χ0v) is 12.2. The van der Waals surface area contributed by atoms with Crippen molar-refractivity contribution in [2.75, 3.05) is 24.6 Å². The van der Waals surface area contributed by atoms with Gasteiger partial charge in [0, 0.05) is 37.5 Å². The first-order valence-corrected chi connectivity index (χ1v) is 8.03. The number of hydrogen-bond donors (Lipinski definition) is 2. The first kappa shape index (κ1) is 13.9. The summed E-state index contributed by atoms with van der Waals surface area (Å²) in [4.78, 5) is 2.48. The lowest BCUT2D eigenvalue weighted by Crippen LogP contribution is -2.47. The van der Waals surface area contributed by atoms with Gasteiger partial charge in [0.2, 0.25) is 0 Å². The van der Waals surface area contributed by atoms with Gasteiger partial charge < -0.3 is 15.3 Å². The normalized spacial score (nSPS) is 27.9. The van der Waals surface area contributed by atoms with Gasteiger partial charge in [-0.2, -0.15) is 0 Å². The van der Waals surface area contributed by atoms with Crippen LogP contribution in [0.15, 0.2) is 30.3 Å². The molecule has 2 fully saturated rings. The van der Waals surface area contributed by atoms with Crippen molar-refractivity contribution in [2.45, 2.75) is 44.2 Å². The van der Waals surface area contributed by atoms with Crippen molar-refractivity contribution in [1.29, 1.82) is 0 Å². The molecule has 0 amide bonds. The topological polar surface area (TPSA) is 35.5 Å². The third-order valence-corrected chi connectivity index (χ3v) is 4.96. The number of piperidine rings is 1. The first-order valence-electron chi connectivity index (χ1n) is 8.03. The Morgan fingerprint density at radius 1 is 1.05 bits per heavy atom. The van der Waals surface area contributed by atoms with Crippen LogP contribution >= 0.6 is 0 Å². The fourth-order valence-electron chi connectivity index (χ4n) is 3.72. The average molecular weight is 274 g/mol. The number of para-hydroxylation sites is 1. The van der Waals surface area contributed by atoms with Crippen molar-refractivity contribution in [3.05, 3.63) is 30.3 Å². The molecule has 0 radical (unpaired) electrons. The molecule has 2 unspecified atom stereocenters. The predicted molar refractivity (Wildman–Crippen MR) is 83.0 cm³/mol. The second kappa shape index (κ2) is 6.59. The molecular weight excluding hydrogens is 248 g/mol. The SMILES string of the molecule is OCC1CCCC1NC1CCN(c2ccccc2)CC1. The molecule has 20 heavy (non-hydrogen) atoms. The molecule has 1 aliphatic heterocycles.